The predicted octanol–water partition coefficient (Wildman–Crippen LogP) is 4.01. The Labute approximate surface area is 345 Å². The van der Waals surface area contributed by atoms with Crippen LogP contribution in [0.1, 0.15) is 38.8 Å². The Morgan fingerprint density at radius 2 is 1.02 bits per heavy atom. The van der Waals surface area contributed by atoms with Gasteiger partial charge in [0.1, 0.15) is 20.5 Å². The number of nitrogens with one attached hydrogen (secondary N) is 4. The number of hydrazone groups is 2. The molecular formula is C35H28N6O16S4. The zero-order chi connectivity index (χ0) is 44.7. The van der Waals surface area contributed by atoms with Crippen molar-refractivity contribution in [2.75, 3.05) is 28.1 Å². The maximum absolute atomic E-state index is 13.5. The molecule has 0 saturated heterocycles. The smallest absolute Gasteiger partial charge is 0.323 e. The fraction of sp³-hybridized carbons (Fsp3) is 0.0571. The second kappa shape index (κ2) is 16.4. The minimum atomic E-state index is -5.13. The molecule has 0 atom stereocenters. The number of amides is 2. The highest BCUT2D eigenvalue weighted by molar-refractivity contribution is 7.91. The van der Waals surface area contributed by atoms with E-state index < -0.39 is 89.1 Å². The van der Waals surface area contributed by atoms with E-state index in [1.54, 1.807) is 6.92 Å². The molecule has 61 heavy (non-hydrogen) atoms. The summed E-state index contributed by atoms with van der Waals surface area (Å²) in [5, 5.41) is 12.5. The van der Waals surface area contributed by atoms with Crippen molar-refractivity contribution in [2.45, 2.75) is 16.7 Å². The fourth-order valence-electron chi connectivity index (χ4n) is 5.73. The summed E-state index contributed by atoms with van der Waals surface area (Å²) in [6, 6.07) is 14.2. The van der Waals surface area contributed by atoms with Gasteiger partial charge in [0, 0.05) is 22.5 Å². The van der Waals surface area contributed by atoms with Crippen molar-refractivity contribution < 1.29 is 71.0 Å². The number of anilines is 4. The molecule has 0 radical (unpaired) electrons. The highest BCUT2D eigenvalue weighted by Crippen LogP contribution is 2.32. The summed E-state index contributed by atoms with van der Waals surface area (Å²) in [4.78, 5) is 36.9. The highest BCUT2D eigenvalue weighted by atomic mass is 32.2. The van der Waals surface area contributed by atoms with Gasteiger partial charge in [0.25, 0.3) is 40.5 Å². The van der Waals surface area contributed by atoms with Gasteiger partial charge in [0.15, 0.2) is 11.4 Å². The summed E-state index contributed by atoms with van der Waals surface area (Å²) in [5.41, 5.74) is 2.78. The zero-order valence-corrected chi connectivity index (χ0v) is 33.8. The molecule has 0 aliphatic heterocycles. The van der Waals surface area contributed by atoms with Gasteiger partial charge in [0.2, 0.25) is 11.6 Å². The summed E-state index contributed by atoms with van der Waals surface area (Å²) in [5.74, 6) is -2.16. The van der Waals surface area contributed by atoms with Crippen molar-refractivity contribution in [3.8, 4) is 5.75 Å². The van der Waals surface area contributed by atoms with Crippen LogP contribution in [0.25, 0.3) is 12.2 Å². The molecule has 318 valence electrons. The Balaban J connectivity index is 1.21. The maximum atomic E-state index is 13.5. The number of carbonyl (C=O) groups is 3. The fourth-order valence-corrected chi connectivity index (χ4v) is 8.18. The van der Waals surface area contributed by atoms with Crippen LogP contribution in [0.15, 0.2) is 109 Å². The third kappa shape index (κ3) is 9.88. The molecule has 0 fully saturated rings. The maximum Gasteiger partial charge on any atom is 0.323 e. The molecule has 0 heterocycles. The van der Waals surface area contributed by atoms with Gasteiger partial charge in [-0.1, -0.05) is 0 Å². The molecule has 4 aromatic carbocycles. The minimum Gasteiger partial charge on any atom is -0.492 e. The lowest BCUT2D eigenvalue weighted by Crippen LogP contribution is -2.27. The molecule has 0 unspecified atom stereocenters. The quantitative estimate of drug-likeness (QED) is 0.0735. The number of Topliss-reactive ketones (excluding diaryl/α,β-unsaturated/α-hetero) is 2. The average molecular weight is 917 g/mol. The summed E-state index contributed by atoms with van der Waals surface area (Å²) in [6.45, 7) is 1.63. The first kappa shape index (κ1) is 43.9. The molecule has 2 aliphatic rings. The highest BCUT2D eigenvalue weighted by Gasteiger charge is 2.35. The van der Waals surface area contributed by atoms with Crippen molar-refractivity contribution in [3.05, 3.63) is 111 Å². The summed E-state index contributed by atoms with van der Waals surface area (Å²) < 4.78 is 140. The molecule has 4 aromatic rings. The van der Waals surface area contributed by atoms with Crippen LogP contribution in [0, 0.1) is 0 Å². The van der Waals surface area contributed by atoms with Gasteiger partial charge in [-0.3, -0.25) is 38.7 Å². The average Bonchev–Trinajstić information content (AvgIpc) is 3.16. The first-order valence-electron chi connectivity index (χ1n) is 16.8. The number of hydrogen-bond acceptors (Lipinski definition) is 16. The number of carbonyl (C=O) groups excluding carboxylic acids is 3. The third-order valence-corrected chi connectivity index (χ3v) is 11.9. The van der Waals surface area contributed by atoms with E-state index in [0.717, 1.165) is 42.5 Å². The van der Waals surface area contributed by atoms with Crippen LogP contribution in [0.3, 0.4) is 0 Å². The van der Waals surface area contributed by atoms with Crippen LogP contribution >= 0.6 is 0 Å². The molecule has 0 aromatic heterocycles. The topological polar surface area (TPSA) is 351 Å². The van der Waals surface area contributed by atoms with E-state index in [1.165, 1.54) is 48.5 Å². The lowest BCUT2D eigenvalue weighted by Gasteiger charge is -2.18. The Bertz CT molecular complexity index is 3140. The number of nitrogens with zero attached hydrogens (tertiary/aromatic N) is 2. The van der Waals surface area contributed by atoms with E-state index in [0.29, 0.717) is 0 Å². The Morgan fingerprint density at radius 3 is 1.44 bits per heavy atom. The van der Waals surface area contributed by atoms with Gasteiger partial charge in [0.05, 0.1) is 22.9 Å². The molecule has 2 amide bonds. The number of allylic oxidation sites excluding steroid dienone is 2. The number of fused-ring (bicyclic) bond motifs is 2. The molecule has 2 aliphatic carbocycles. The van der Waals surface area contributed by atoms with Gasteiger partial charge >= 0.3 is 6.03 Å². The Hall–Kier alpha value is -6.65. The normalized spacial score (nSPS) is 15.6. The summed E-state index contributed by atoms with van der Waals surface area (Å²) >= 11 is 0. The van der Waals surface area contributed by atoms with E-state index in [-0.39, 0.29) is 57.4 Å². The lowest BCUT2D eigenvalue weighted by molar-refractivity contribution is 0.105. The second-order valence-electron chi connectivity index (χ2n) is 12.5. The second-order valence-corrected chi connectivity index (χ2v) is 18.1. The number of ether oxygens (including phenoxy) is 1. The van der Waals surface area contributed by atoms with E-state index in [2.05, 4.69) is 31.7 Å². The van der Waals surface area contributed by atoms with Crippen LogP contribution in [0.4, 0.5) is 27.5 Å². The molecule has 0 spiro atoms. The van der Waals surface area contributed by atoms with Crippen LogP contribution in [-0.4, -0.2) is 87.5 Å². The predicted molar refractivity (Wildman–Crippen MR) is 219 cm³/mol. The van der Waals surface area contributed by atoms with E-state index >= 15 is 0 Å². The molecule has 0 saturated carbocycles. The largest absolute Gasteiger partial charge is 0.492 e. The molecule has 22 nitrogen and oxygen atoms in total. The number of urea groups is 1. The number of hydrogen-bond donors (Lipinski definition) is 8. The lowest BCUT2D eigenvalue weighted by atomic mass is 9.94. The van der Waals surface area contributed by atoms with Gasteiger partial charge in [-0.25, -0.2) is 4.79 Å². The SMILES string of the molecule is CCOc1ccc(N/N=C2\C(=O)c3ccc(NC(=O)Nc4ccc5c(c4)C=C(S(=O)(=O)O)/C(=N/Nc4ccc(S(=O)(=O)O)cc4)C5=O)cc3C=C2S(=O)(=O)O)cc1S(=O)(=O)O. The van der Waals surface area contributed by atoms with Crippen LogP contribution in [0.5, 0.6) is 5.75 Å². The van der Waals surface area contributed by atoms with E-state index in [4.69, 9.17) is 9.29 Å². The Morgan fingerprint density at radius 1 is 0.574 bits per heavy atom. The standard InChI is InChI=1S/C35H28N6O16S4/c1-2-57-27-12-7-23(17-28(27)59(48,49)50)39-41-32-30(61(54,55)56)16-19-14-22(6-11-26(19)34(32)43)37-35(44)36-21-5-10-25-18(13-21)15-29(60(51,52)53)31(33(25)42)40-38-20-3-8-24(9-4-20)58(45,46)47/h3-17,38-39H,2H2,1H3,(H2,36,37,44)(H,45,46,47)(H,48,49,50)(H,51,52,53)(H,54,55,56)/b40-31-,41-32-. The van der Waals surface area contributed by atoms with Crippen molar-refractivity contribution in [1.29, 1.82) is 0 Å². The van der Waals surface area contributed by atoms with Crippen molar-refractivity contribution >= 4 is 104 Å². The number of ketones is 2. The molecule has 8 N–H and O–H groups in total. The van der Waals surface area contributed by atoms with Gasteiger partial charge < -0.3 is 15.4 Å². The summed E-state index contributed by atoms with van der Waals surface area (Å²) in [6.07, 6.45) is 1.81. The monoisotopic (exact) mass is 916 g/mol. The van der Waals surface area contributed by atoms with Crippen LogP contribution in [0.2, 0.25) is 0 Å². The van der Waals surface area contributed by atoms with Gasteiger partial charge in [-0.2, -0.15) is 43.9 Å². The van der Waals surface area contributed by atoms with E-state index in [9.17, 15) is 61.7 Å². The van der Waals surface area contributed by atoms with Crippen molar-refractivity contribution in [1.82, 2.24) is 0 Å². The number of rotatable bonds is 12. The first-order valence-corrected chi connectivity index (χ1v) is 22.5. The van der Waals surface area contributed by atoms with Gasteiger partial charge in [-0.05, 0) is 109 Å². The number of benzene rings is 4. The van der Waals surface area contributed by atoms with Crippen LogP contribution in [-0.2, 0) is 40.5 Å². The zero-order valence-electron chi connectivity index (χ0n) is 30.6. The Kier molecular flexibility index (Phi) is 11.8. The molecule has 0 bridgehead atoms. The first-order chi connectivity index (χ1) is 28.4. The van der Waals surface area contributed by atoms with Crippen molar-refractivity contribution in [3.63, 3.8) is 0 Å². The molecule has 6 rings (SSSR count). The van der Waals surface area contributed by atoms with E-state index in [1.807, 2.05) is 0 Å². The minimum absolute atomic E-state index is 0.00306. The summed E-state index contributed by atoms with van der Waals surface area (Å²) in [7, 11) is -19.5. The van der Waals surface area contributed by atoms with Crippen molar-refractivity contribution in [2.24, 2.45) is 10.2 Å². The molecule has 26 heteroatoms. The third-order valence-electron chi connectivity index (χ3n) is 8.40. The van der Waals surface area contributed by atoms with Gasteiger partial charge in [-0.15, -0.1) is 0 Å². The molecular weight excluding hydrogens is 889 g/mol. The van der Waals surface area contributed by atoms with Crippen LogP contribution < -0.4 is 26.2 Å².